The quantitative estimate of drug-likeness (QED) is 0.237. The molecule has 5 aromatic carbocycles. The molecule has 2 heterocycles. The Labute approximate surface area is 233 Å². The Morgan fingerprint density at radius 1 is 0.600 bits per heavy atom. The first-order valence-electron chi connectivity index (χ1n) is 13.7. The Hall–Kier alpha value is -5.33. The van der Waals surface area contributed by atoms with E-state index in [1.165, 1.54) is 49.9 Å². The zero-order chi connectivity index (χ0) is 26.6. The van der Waals surface area contributed by atoms with Gasteiger partial charge < -0.3 is 9.47 Å². The molecule has 1 aromatic heterocycles. The Bertz CT molecular complexity index is 2040. The molecule has 0 N–H and O–H groups in total. The predicted octanol–water partition coefficient (Wildman–Crippen LogP) is 9.05. The number of aromatic nitrogens is 1. The van der Waals surface area contributed by atoms with Gasteiger partial charge in [-0.25, -0.2) is 0 Å². The Morgan fingerprint density at radius 3 is 2.23 bits per heavy atom. The van der Waals surface area contributed by atoms with Crippen LogP contribution in [0.4, 0.5) is 11.4 Å². The highest BCUT2D eigenvalue weighted by Crippen LogP contribution is 2.49. The number of anilines is 2. The zero-order valence-corrected chi connectivity index (χ0v) is 21.8. The van der Waals surface area contributed by atoms with Gasteiger partial charge in [0.15, 0.2) is 0 Å². The van der Waals surface area contributed by atoms with Crippen molar-refractivity contribution in [2.24, 2.45) is 0 Å². The Balaban J connectivity index is 1.29. The van der Waals surface area contributed by atoms with Crippen LogP contribution < -0.4 is 4.90 Å². The normalized spacial score (nSPS) is 17.2. The summed E-state index contributed by atoms with van der Waals surface area (Å²) in [5, 5.41) is 12.3. The molecule has 1 aliphatic heterocycles. The van der Waals surface area contributed by atoms with Crippen molar-refractivity contribution in [3.63, 3.8) is 0 Å². The van der Waals surface area contributed by atoms with Gasteiger partial charge in [-0.15, -0.1) is 0 Å². The van der Waals surface area contributed by atoms with E-state index in [1.54, 1.807) is 0 Å². The molecule has 188 valence electrons. The predicted molar refractivity (Wildman–Crippen MR) is 164 cm³/mol. The molecule has 2 aliphatic rings. The van der Waals surface area contributed by atoms with Crippen LogP contribution in [0, 0.1) is 11.3 Å². The summed E-state index contributed by atoms with van der Waals surface area (Å²) in [6.45, 7) is 0. The number of hydrogen-bond donors (Lipinski definition) is 0. The topological polar surface area (TPSA) is 32.0 Å². The monoisotopic (exact) mass is 511 g/mol. The summed E-state index contributed by atoms with van der Waals surface area (Å²) in [4.78, 5) is 2.33. The van der Waals surface area contributed by atoms with Crippen LogP contribution in [0.1, 0.15) is 17.0 Å². The van der Waals surface area contributed by atoms with Crippen molar-refractivity contribution >= 4 is 33.2 Å². The maximum atomic E-state index is 9.84. The maximum absolute atomic E-state index is 9.84. The third-order valence-electron chi connectivity index (χ3n) is 8.35. The van der Waals surface area contributed by atoms with Crippen molar-refractivity contribution in [2.45, 2.75) is 12.0 Å². The smallest absolute Gasteiger partial charge is 0.101 e. The van der Waals surface area contributed by atoms with E-state index in [2.05, 4.69) is 137 Å². The fourth-order valence-corrected chi connectivity index (χ4v) is 6.59. The van der Waals surface area contributed by atoms with Gasteiger partial charge in [0, 0.05) is 28.1 Å². The van der Waals surface area contributed by atoms with Crippen LogP contribution >= 0.6 is 0 Å². The van der Waals surface area contributed by atoms with Gasteiger partial charge in [-0.2, -0.15) is 5.26 Å². The van der Waals surface area contributed by atoms with Gasteiger partial charge >= 0.3 is 0 Å². The number of nitriles is 1. The lowest BCUT2D eigenvalue weighted by atomic mass is 9.89. The van der Waals surface area contributed by atoms with Gasteiger partial charge in [-0.05, 0) is 71.3 Å². The standard InChI is InChI=1S/C37H25N3/c38-24-27-10-4-7-15-33(27)40-35-17-9-6-14-30(35)32-23-26(19-21-37(32)40)25-18-20-36-31(22-25)29-13-5-8-16-34(29)39(36)28-11-2-1-3-12-28/h1-23,30,35H. The summed E-state index contributed by atoms with van der Waals surface area (Å²) in [7, 11) is 0. The number of nitrogens with zero attached hydrogens (tertiary/aromatic N) is 3. The molecule has 2 unspecified atom stereocenters. The number of allylic oxidation sites excluding steroid dienone is 2. The lowest BCUT2D eigenvalue weighted by Crippen LogP contribution is -2.29. The molecule has 0 radical (unpaired) electrons. The second kappa shape index (κ2) is 8.86. The maximum Gasteiger partial charge on any atom is 0.101 e. The minimum Gasteiger partial charge on any atom is -0.332 e. The van der Waals surface area contributed by atoms with Gasteiger partial charge in [-0.3, -0.25) is 0 Å². The SMILES string of the molecule is N#Cc1ccccc1N1c2ccc(-c3ccc4c(c3)c3ccccc3n4-c3ccccc3)cc2C2C=CC=CC21. The Morgan fingerprint density at radius 2 is 1.32 bits per heavy atom. The second-order valence-corrected chi connectivity index (χ2v) is 10.5. The molecule has 3 heteroatoms. The first kappa shape index (κ1) is 22.6. The van der Waals surface area contributed by atoms with E-state index < -0.39 is 0 Å². The molecule has 0 saturated carbocycles. The fourth-order valence-electron chi connectivity index (χ4n) is 6.59. The summed E-state index contributed by atoms with van der Waals surface area (Å²) >= 11 is 0. The summed E-state index contributed by atoms with van der Waals surface area (Å²) in [6.07, 6.45) is 8.80. The lowest BCUT2D eigenvalue weighted by molar-refractivity contribution is 0.744. The number of hydrogen-bond acceptors (Lipinski definition) is 2. The van der Waals surface area contributed by atoms with Crippen LogP contribution in [0.3, 0.4) is 0 Å². The largest absolute Gasteiger partial charge is 0.332 e. The highest BCUT2D eigenvalue weighted by Gasteiger charge is 2.38. The third-order valence-corrected chi connectivity index (χ3v) is 8.35. The molecular formula is C37H25N3. The Kier molecular flexibility index (Phi) is 5.02. The van der Waals surface area contributed by atoms with Crippen molar-refractivity contribution < 1.29 is 0 Å². The second-order valence-electron chi connectivity index (χ2n) is 10.5. The van der Waals surface area contributed by atoms with Gasteiger partial charge in [0.25, 0.3) is 0 Å². The van der Waals surface area contributed by atoms with Gasteiger partial charge in [-0.1, -0.05) is 85.0 Å². The van der Waals surface area contributed by atoms with E-state index in [1.807, 2.05) is 18.2 Å². The van der Waals surface area contributed by atoms with E-state index >= 15 is 0 Å². The van der Waals surface area contributed by atoms with Crippen molar-refractivity contribution in [1.82, 2.24) is 4.57 Å². The van der Waals surface area contributed by atoms with Crippen LogP contribution in [0.15, 0.2) is 140 Å². The van der Waals surface area contributed by atoms with Crippen LogP contribution in [0.5, 0.6) is 0 Å². The summed E-state index contributed by atoms with van der Waals surface area (Å²) < 4.78 is 2.35. The molecule has 3 nitrogen and oxygen atoms in total. The van der Waals surface area contributed by atoms with Crippen molar-refractivity contribution in [2.75, 3.05) is 4.90 Å². The molecule has 8 rings (SSSR count). The number of fused-ring (bicyclic) bond motifs is 6. The van der Waals surface area contributed by atoms with E-state index in [9.17, 15) is 5.26 Å². The average molecular weight is 512 g/mol. The summed E-state index contributed by atoms with van der Waals surface area (Å²) in [6, 6.07) is 43.3. The van der Waals surface area contributed by atoms with E-state index in [0.29, 0.717) is 5.56 Å². The van der Waals surface area contributed by atoms with Crippen molar-refractivity contribution in [1.29, 1.82) is 5.26 Å². The average Bonchev–Trinajstić information content (AvgIpc) is 3.53. The molecule has 6 aromatic rings. The van der Waals surface area contributed by atoms with Crippen LogP contribution in [-0.4, -0.2) is 10.6 Å². The van der Waals surface area contributed by atoms with Gasteiger partial charge in [0.1, 0.15) is 6.07 Å². The summed E-state index contributed by atoms with van der Waals surface area (Å²) in [5.74, 6) is 0.232. The highest BCUT2D eigenvalue weighted by atomic mass is 15.2. The molecule has 40 heavy (non-hydrogen) atoms. The zero-order valence-electron chi connectivity index (χ0n) is 21.8. The molecule has 2 atom stereocenters. The van der Waals surface area contributed by atoms with Crippen LogP contribution in [-0.2, 0) is 0 Å². The van der Waals surface area contributed by atoms with E-state index in [-0.39, 0.29) is 12.0 Å². The molecule has 0 bridgehead atoms. The van der Waals surface area contributed by atoms with E-state index in [0.717, 1.165) is 5.69 Å². The molecule has 0 amide bonds. The van der Waals surface area contributed by atoms with Crippen molar-refractivity contribution in [3.05, 3.63) is 151 Å². The molecule has 0 fully saturated rings. The minimum absolute atomic E-state index is 0.149. The first-order chi connectivity index (χ1) is 19.8. The lowest BCUT2D eigenvalue weighted by Gasteiger charge is -2.29. The first-order valence-corrected chi connectivity index (χ1v) is 13.7. The molecular weight excluding hydrogens is 486 g/mol. The van der Waals surface area contributed by atoms with Gasteiger partial charge in [0.2, 0.25) is 0 Å². The van der Waals surface area contributed by atoms with Gasteiger partial charge in [0.05, 0.1) is 28.3 Å². The summed E-state index contributed by atoms with van der Waals surface area (Å²) in [5.41, 5.74) is 10.1. The number of para-hydroxylation sites is 3. The molecule has 0 spiro atoms. The number of benzene rings is 5. The van der Waals surface area contributed by atoms with Crippen molar-refractivity contribution in [3.8, 4) is 22.9 Å². The molecule has 1 aliphatic carbocycles. The highest BCUT2D eigenvalue weighted by molar-refractivity contribution is 6.10. The fraction of sp³-hybridized carbons (Fsp3) is 0.0541. The minimum atomic E-state index is 0.149. The van der Waals surface area contributed by atoms with E-state index in [4.69, 9.17) is 0 Å². The van der Waals surface area contributed by atoms with Crippen LogP contribution in [0.25, 0.3) is 38.6 Å². The van der Waals surface area contributed by atoms with Crippen LogP contribution in [0.2, 0.25) is 0 Å². The number of rotatable bonds is 3. The third kappa shape index (κ3) is 3.30. The molecule has 0 saturated heterocycles.